The van der Waals surface area contributed by atoms with Crippen LogP contribution < -0.4 is 0 Å². The maximum absolute atomic E-state index is 12.2. The Balaban J connectivity index is 1.70. The number of fused-ring (bicyclic) bond motifs is 1. The van der Waals surface area contributed by atoms with Crippen LogP contribution in [0.3, 0.4) is 0 Å². The lowest BCUT2D eigenvalue weighted by Gasteiger charge is -2.44. The standard InChI is InChI=1S/C27H42O3/c1-18-8-12-22(28)17-21(18)11-10-20-7-6-16-27(5)23(13-14-24(20)27)19(2)9-15-25(29)26(3,4)30/h10-11,19,22-24,28,30H,1,6-9,12-17H2,2-5H3/b20-10+,21-11+/t19-,22+,23-,24+,27-/m1/s1. The van der Waals surface area contributed by atoms with Gasteiger partial charge in [0.1, 0.15) is 5.60 Å². The first-order valence-electron chi connectivity index (χ1n) is 12.0. The Morgan fingerprint density at radius 1 is 1.27 bits per heavy atom. The highest BCUT2D eigenvalue weighted by atomic mass is 16.3. The molecule has 168 valence electrons. The van der Waals surface area contributed by atoms with Gasteiger partial charge in [-0.2, -0.15) is 0 Å². The van der Waals surface area contributed by atoms with Crippen LogP contribution in [0.1, 0.15) is 91.9 Å². The van der Waals surface area contributed by atoms with E-state index in [-0.39, 0.29) is 11.9 Å². The molecule has 0 unspecified atom stereocenters. The van der Waals surface area contributed by atoms with Crippen LogP contribution in [0.2, 0.25) is 0 Å². The molecule has 3 aliphatic carbocycles. The van der Waals surface area contributed by atoms with Crippen molar-refractivity contribution in [3.63, 3.8) is 0 Å². The van der Waals surface area contributed by atoms with Crippen molar-refractivity contribution < 1.29 is 15.0 Å². The summed E-state index contributed by atoms with van der Waals surface area (Å²) in [4.78, 5) is 12.2. The Morgan fingerprint density at radius 3 is 2.70 bits per heavy atom. The lowest BCUT2D eigenvalue weighted by atomic mass is 9.60. The molecule has 5 atom stereocenters. The largest absolute Gasteiger partial charge is 0.393 e. The summed E-state index contributed by atoms with van der Waals surface area (Å²) in [5, 5.41) is 20.0. The van der Waals surface area contributed by atoms with Gasteiger partial charge in [-0.15, -0.1) is 0 Å². The van der Waals surface area contributed by atoms with Crippen molar-refractivity contribution in [1.82, 2.24) is 0 Å². The minimum Gasteiger partial charge on any atom is -0.393 e. The van der Waals surface area contributed by atoms with Crippen LogP contribution in [0.4, 0.5) is 0 Å². The van der Waals surface area contributed by atoms with Crippen molar-refractivity contribution in [2.45, 2.75) is 104 Å². The number of aliphatic hydroxyl groups is 2. The van der Waals surface area contributed by atoms with E-state index in [4.69, 9.17) is 0 Å². The summed E-state index contributed by atoms with van der Waals surface area (Å²) in [7, 11) is 0. The lowest BCUT2D eigenvalue weighted by molar-refractivity contribution is -0.134. The third kappa shape index (κ3) is 4.99. The van der Waals surface area contributed by atoms with E-state index in [1.165, 1.54) is 43.3 Å². The second-order valence-corrected chi connectivity index (χ2v) is 11.0. The first kappa shape index (κ1) is 23.5. The molecule has 3 saturated carbocycles. The van der Waals surface area contributed by atoms with Gasteiger partial charge in [-0.25, -0.2) is 0 Å². The Labute approximate surface area is 183 Å². The summed E-state index contributed by atoms with van der Waals surface area (Å²) < 4.78 is 0. The molecule has 0 radical (unpaired) electrons. The molecule has 0 saturated heterocycles. The van der Waals surface area contributed by atoms with Crippen molar-refractivity contribution in [1.29, 1.82) is 0 Å². The van der Waals surface area contributed by atoms with E-state index in [1.54, 1.807) is 19.4 Å². The van der Waals surface area contributed by atoms with E-state index < -0.39 is 5.60 Å². The number of carbonyl (C=O) groups excluding carboxylic acids is 1. The molecule has 2 N–H and O–H groups in total. The zero-order valence-corrected chi connectivity index (χ0v) is 19.5. The summed E-state index contributed by atoms with van der Waals surface area (Å²) in [5.74, 6) is 1.72. The van der Waals surface area contributed by atoms with Crippen LogP contribution in [-0.4, -0.2) is 27.7 Å². The van der Waals surface area contributed by atoms with E-state index in [0.717, 1.165) is 25.7 Å². The van der Waals surface area contributed by atoms with E-state index >= 15 is 0 Å². The molecular formula is C27H42O3. The van der Waals surface area contributed by atoms with E-state index in [9.17, 15) is 15.0 Å². The minimum absolute atomic E-state index is 0.0418. The summed E-state index contributed by atoms with van der Waals surface area (Å²) >= 11 is 0. The molecule has 0 bridgehead atoms. The molecule has 0 amide bonds. The highest BCUT2D eigenvalue weighted by Crippen LogP contribution is 2.59. The lowest BCUT2D eigenvalue weighted by Crippen LogP contribution is -2.36. The van der Waals surface area contributed by atoms with Crippen LogP contribution >= 0.6 is 0 Å². The predicted molar refractivity (Wildman–Crippen MR) is 123 cm³/mol. The number of allylic oxidation sites excluding steroid dienone is 4. The molecule has 3 aliphatic rings. The van der Waals surface area contributed by atoms with Gasteiger partial charge in [0.25, 0.3) is 0 Å². The van der Waals surface area contributed by atoms with Gasteiger partial charge in [-0.3, -0.25) is 4.79 Å². The maximum atomic E-state index is 12.2. The molecule has 3 fully saturated rings. The number of ketones is 1. The van der Waals surface area contributed by atoms with E-state index in [1.807, 2.05) is 0 Å². The normalized spacial score (nSPS) is 36.2. The van der Waals surface area contributed by atoms with Gasteiger partial charge in [-0.05, 0) is 100 Å². The molecule has 0 aromatic heterocycles. The number of Topliss-reactive ketones (excluding diaryl/α,β-unsaturated/α-hetero) is 1. The molecule has 0 heterocycles. The molecule has 3 rings (SSSR count). The Hall–Kier alpha value is -1.19. The fourth-order valence-corrected chi connectivity index (χ4v) is 6.48. The Kier molecular flexibility index (Phi) is 7.14. The topological polar surface area (TPSA) is 57.5 Å². The third-order valence-corrected chi connectivity index (χ3v) is 8.42. The summed E-state index contributed by atoms with van der Waals surface area (Å²) in [6, 6.07) is 0. The summed E-state index contributed by atoms with van der Waals surface area (Å²) in [6.07, 6.45) is 14.3. The van der Waals surface area contributed by atoms with Crippen molar-refractivity contribution in [3.05, 3.63) is 35.5 Å². The zero-order valence-electron chi connectivity index (χ0n) is 19.5. The van der Waals surface area contributed by atoms with Crippen molar-refractivity contribution >= 4 is 5.78 Å². The van der Waals surface area contributed by atoms with Crippen molar-refractivity contribution in [2.24, 2.45) is 23.2 Å². The van der Waals surface area contributed by atoms with Gasteiger partial charge in [0, 0.05) is 6.42 Å². The molecular weight excluding hydrogens is 372 g/mol. The van der Waals surface area contributed by atoms with Crippen LogP contribution in [-0.2, 0) is 4.79 Å². The smallest absolute Gasteiger partial charge is 0.163 e. The van der Waals surface area contributed by atoms with Gasteiger partial charge in [0.2, 0.25) is 0 Å². The highest BCUT2D eigenvalue weighted by Gasteiger charge is 2.50. The second-order valence-electron chi connectivity index (χ2n) is 11.0. The monoisotopic (exact) mass is 414 g/mol. The SMILES string of the molecule is C=C1CC[C@H](O)C/C1=C\C=C1/CCC[C@]2(C)[C@@H]([C@H](C)CCC(=O)C(C)(C)O)CC[C@@H]12. The van der Waals surface area contributed by atoms with Crippen molar-refractivity contribution in [2.75, 3.05) is 0 Å². The number of aliphatic hydroxyl groups excluding tert-OH is 1. The first-order chi connectivity index (χ1) is 14.0. The molecule has 0 spiro atoms. The highest BCUT2D eigenvalue weighted by molar-refractivity contribution is 5.86. The molecule has 0 aromatic carbocycles. The van der Waals surface area contributed by atoms with Gasteiger partial charge < -0.3 is 10.2 Å². The number of hydrogen-bond donors (Lipinski definition) is 2. The summed E-state index contributed by atoms with van der Waals surface area (Å²) in [5.41, 5.74) is 3.08. The second kappa shape index (κ2) is 9.12. The average molecular weight is 415 g/mol. The van der Waals surface area contributed by atoms with Crippen LogP contribution in [0.15, 0.2) is 35.5 Å². The summed E-state index contributed by atoms with van der Waals surface area (Å²) in [6.45, 7) is 12.2. The first-order valence-corrected chi connectivity index (χ1v) is 12.0. The molecule has 3 heteroatoms. The van der Waals surface area contributed by atoms with Gasteiger partial charge in [0.15, 0.2) is 5.78 Å². The maximum Gasteiger partial charge on any atom is 0.163 e. The fourth-order valence-electron chi connectivity index (χ4n) is 6.48. The van der Waals surface area contributed by atoms with Crippen LogP contribution in [0.25, 0.3) is 0 Å². The van der Waals surface area contributed by atoms with E-state index in [0.29, 0.717) is 29.6 Å². The average Bonchev–Trinajstić information content (AvgIpc) is 3.03. The van der Waals surface area contributed by atoms with Crippen molar-refractivity contribution in [3.8, 4) is 0 Å². The van der Waals surface area contributed by atoms with Crippen LogP contribution in [0, 0.1) is 23.2 Å². The minimum atomic E-state index is -1.22. The van der Waals surface area contributed by atoms with Gasteiger partial charge >= 0.3 is 0 Å². The predicted octanol–water partition coefficient (Wildman–Crippen LogP) is 5.91. The molecule has 30 heavy (non-hydrogen) atoms. The fraction of sp³-hybridized carbons (Fsp3) is 0.741. The van der Waals surface area contributed by atoms with Crippen LogP contribution in [0.5, 0.6) is 0 Å². The van der Waals surface area contributed by atoms with E-state index in [2.05, 4.69) is 32.6 Å². The molecule has 3 nitrogen and oxygen atoms in total. The quantitative estimate of drug-likeness (QED) is 0.568. The third-order valence-electron chi connectivity index (χ3n) is 8.42. The van der Waals surface area contributed by atoms with Gasteiger partial charge in [0.05, 0.1) is 6.10 Å². The number of hydrogen-bond acceptors (Lipinski definition) is 3. The zero-order chi connectivity index (χ0) is 22.1. The Bertz CT molecular complexity index is 723. The molecule has 0 aromatic rings. The number of rotatable bonds is 6. The van der Waals surface area contributed by atoms with Gasteiger partial charge in [-0.1, -0.05) is 43.7 Å². The Morgan fingerprint density at radius 2 is 2.00 bits per heavy atom. The molecule has 0 aliphatic heterocycles. The number of carbonyl (C=O) groups is 1.